The van der Waals surface area contributed by atoms with Crippen LogP contribution in [0.3, 0.4) is 0 Å². The Morgan fingerprint density at radius 2 is 2.06 bits per heavy atom. The number of hydrogen-bond acceptors (Lipinski definition) is 3. The molecule has 1 rings (SSSR count). The molecule has 0 saturated carbocycles. The molecule has 1 saturated heterocycles. The monoisotopic (exact) mass is 227 g/mol. The molecule has 0 amide bonds. The van der Waals surface area contributed by atoms with Crippen molar-refractivity contribution in [3.05, 3.63) is 0 Å². The van der Waals surface area contributed by atoms with Crippen LogP contribution in [0.25, 0.3) is 0 Å². The Morgan fingerprint density at radius 1 is 1.44 bits per heavy atom. The van der Waals surface area contributed by atoms with Gasteiger partial charge >= 0.3 is 0 Å². The van der Waals surface area contributed by atoms with Crippen LogP contribution in [0.1, 0.15) is 33.6 Å². The van der Waals surface area contributed by atoms with Gasteiger partial charge in [-0.2, -0.15) is 0 Å². The minimum absolute atomic E-state index is 0.204. The van der Waals surface area contributed by atoms with Gasteiger partial charge in [0, 0.05) is 25.2 Å². The van der Waals surface area contributed by atoms with Gasteiger partial charge in [0.05, 0.1) is 0 Å². The van der Waals surface area contributed by atoms with E-state index < -0.39 is 0 Å². The van der Waals surface area contributed by atoms with E-state index in [1.165, 1.54) is 19.4 Å². The predicted octanol–water partition coefficient (Wildman–Crippen LogP) is 1.39. The Hall–Kier alpha value is -0.120. The van der Waals surface area contributed by atoms with E-state index in [1.54, 1.807) is 0 Å². The standard InChI is InChI=1S/C13H29N3/c1-13(2,3)12(14)10-15(4)9-11-7-6-8-16(11)5/h11-12H,6-10,14H2,1-5H3. The quantitative estimate of drug-likeness (QED) is 0.788. The molecule has 1 aliphatic heterocycles. The summed E-state index contributed by atoms with van der Waals surface area (Å²) in [7, 11) is 4.42. The molecule has 0 aliphatic carbocycles. The highest BCUT2D eigenvalue weighted by atomic mass is 15.2. The third-order valence-electron chi connectivity index (χ3n) is 3.81. The zero-order chi connectivity index (χ0) is 12.3. The van der Waals surface area contributed by atoms with Gasteiger partial charge in [-0.3, -0.25) is 0 Å². The molecule has 0 aromatic rings. The van der Waals surface area contributed by atoms with E-state index in [1.807, 2.05) is 0 Å². The third-order valence-corrected chi connectivity index (χ3v) is 3.81. The van der Waals surface area contributed by atoms with Crippen molar-refractivity contribution in [3.63, 3.8) is 0 Å². The highest BCUT2D eigenvalue weighted by Gasteiger charge is 2.25. The van der Waals surface area contributed by atoms with Crippen molar-refractivity contribution < 1.29 is 0 Å². The molecule has 0 bridgehead atoms. The van der Waals surface area contributed by atoms with Gasteiger partial charge in [0.1, 0.15) is 0 Å². The van der Waals surface area contributed by atoms with Crippen molar-refractivity contribution in [2.45, 2.75) is 45.7 Å². The summed E-state index contributed by atoms with van der Waals surface area (Å²) < 4.78 is 0. The fourth-order valence-electron chi connectivity index (χ4n) is 2.25. The topological polar surface area (TPSA) is 32.5 Å². The number of nitrogens with two attached hydrogens (primary N) is 1. The maximum Gasteiger partial charge on any atom is 0.0220 e. The molecule has 3 heteroatoms. The van der Waals surface area contributed by atoms with Crippen LogP contribution in [0, 0.1) is 5.41 Å². The Kier molecular flexibility index (Phi) is 4.77. The van der Waals surface area contributed by atoms with Crippen molar-refractivity contribution in [2.75, 3.05) is 33.7 Å². The van der Waals surface area contributed by atoms with Crippen molar-refractivity contribution in [3.8, 4) is 0 Å². The average Bonchev–Trinajstić information content (AvgIpc) is 2.50. The van der Waals surface area contributed by atoms with Gasteiger partial charge in [-0.05, 0) is 38.9 Å². The molecular weight excluding hydrogens is 198 g/mol. The molecule has 1 heterocycles. The van der Waals surface area contributed by atoms with E-state index in [0.717, 1.165) is 19.1 Å². The lowest BCUT2D eigenvalue weighted by Gasteiger charge is -2.33. The summed E-state index contributed by atoms with van der Waals surface area (Å²) in [4.78, 5) is 4.86. The van der Waals surface area contributed by atoms with E-state index in [-0.39, 0.29) is 11.5 Å². The zero-order valence-corrected chi connectivity index (χ0v) is 11.7. The largest absolute Gasteiger partial charge is 0.326 e. The number of likely N-dealkylation sites (N-methyl/N-ethyl adjacent to an activating group) is 2. The lowest BCUT2D eigenvalue weighted by Crippen LogP contribution is -2.47. The maximum atomic E-state index is 6.21. The molecule has 1 aliphatic rings. The molecule has 2 atom stereocenters. The lowest BCUT2D eigenvalue weighted by atomic mass is 9.87. The fourth-order valence-corrected chi connectivity index (χ4v) is 2.25. The van der Waals surface area contributed by atoms with E-state index in [2.05, 4.69) is 44.7 Å². The van der Waals surface area contributed by atoms with Gasteiger partial charge in [-0.15, -0.1) is 0 Å². The SMILES string of the molecule is CN(CC1CCCN1C)CC(N)C(C)(C)C. The lowest BCUT2D eigenvalue weighted by molar-refractivity contribution is 0.182. The highest BCUT2D eigenvalue weighted by Crippen LogP contribution is 2.19. The first-order valence-corrected chi connectivity index (χ1v) is 6.45. The number of nitrogens with zero attached hydrogens (tertiary/aromatic N) is 2. The van der Waals surface area contributed by atoms with Crippen molar-refractivity contribution >= 4 is 0 Å². The summed E-state index contributed by atoms with van der Waals surface area (Å²) in [6.45, 7) is 10.0. The van der Waals surface area contributed by atoms with Crippen LogP contribution in [-0.4, -0.2) is 55.6 Å². The first-order chi connectivity index (χ1) is 7.30. The molecule has 3 nitrogen and oxygen atoms in total. The molecule has 16 heavy (non-hydrogen) atoms. The minimum atomic E-state index is 0.204. The van der Waals surface area contributed by atoms with E-state index >= 15 is 0 Å². The Bertz CT molecular complexity index is 206. The molecule has 1 fully saturated rings. The molecule has 96 valence electrons. The summed E-state index contributed by atoms with van der Waals surface area (Å²) in [6, 6.07) is 0.987. The predicted molar refractivity (Wildman–Crippen MR) is 70.6 cm³/mol. The molecule has 0 aromatic carbocycles. The average molecular weight is 227 g/mol. The molecule has 0 aromatic heterocycles. The van der Waals surface area contributed by atoms with Gasteiger partial charge < -0.3 is 15.5 Å². The Morgan fingerprint density at radius 3 is 2.50 bits per heavy atom. The third kappa shape index (κ3) is 4.04. The Labute approximate surface area is 101 Å². The van der Waals surface area contributed by atoms with Crippen LogP contribution in [0.15, 0.2) is 0 Å². The molecule has 0 spiro atoms. The van der Waals surface area contributed by atoms with Crippen molar-refractivity contribution in [1.29, 1.82) is 0 Å². The van der Waals surface area contributed by atoms with Crippen molar-refractivity contribution in [1.82, 2.24) is 9.80 Å². The van der Waals surface area contributed by atoms with Gasteiger partial charge in [0.25, 0.3) is 0 Å². The van der Waals surface area contributed by atoms with Crippen molar-refractivity contribution in [2.24, 2.45) is 11.1 Å². The van der Waals surface area contributed by atoms with Crippen LogP contribution in [0.4, 0.5) is 0 Å². The summed E-state index contributed by atoms with van der Waals surface area (Å²) in [6.07, 6.45) is 2.69. The molecule has 0 radical (unpaired) electrons. The minimum Gasteiger partial charge on any atom is -0.326 e. The van der Waals surface area contributed by atoms with Crippen LogP contribution in [0.5, 0.6) is 0 Å². The first-order valence-electron chi connectivity index (χ1n) is 6.45. The molecule has 2 N–H and O–H groups in total. The number of rotatable bonds is 4. The van der Waals surface area contributed by atoms with Gasteiger partial charge in [0.2, 0.25) is 0 Å². The fraction of sp³-hybridized carbons (Fsp3) is 1.00. The maximum absolute atomic E-state index is 6.21. The zero-order valence-electron chi connectivity index (χ0n) is 11.7. The van der Waals surface area contributed by atoms with Crippen LogP contribution in [-0.2, 0) is 0 Å². The summed E-state index contributed by atoms with van der Waals surface area (Å²) >= 11 is 0. The van der Waals surface area contributed by atoms with E-state index in [9.17, 15) is 0 Å². The van der Waals surface area contributed by atoms with Gasteiger partial charge in [-0.1, -0.05) is 20.8 Å². The summed E-state index contributed by atoms with van der Waals surface area (Å²) in [5, 5.41) is 0. The second kappa shape index (κ2) is 5.48. The smallest absolute Gasteiger partial charge is 0.0220 e. The first kappa shape index (κ1) is 13.9. The van der Waals surface area contributed by atoms with E-state index in [4.69, 9.17) is 5.73 Å². The number of likely N-dealkylation sites (tertiary alicyclic amines) is 1. The second-order valence-corrected chi connectivity index (χ2v) is 6.47. The van der Waals surface area contributed by atoms with E-state index in [0.29, 0.717) is 0 Å². The van der Waals surface area contributed by atoms with Crippen LogP contribution in [0.2, 0.25) is 0 Å². The van der Waals surface area contributed by atoms with Crippen LogP contribution < -0.4 is 5.73 Å². The summed E-state index contributed by atoms with van der Waals surface area (Å²) in [5.74, 6) is 0. The second-order valence-electron chi connectivity index (χ2n) is 6.47. The van der Waals surface area contributed by atoms with Gasteiger partial charge in [-0.25, -0.2) is 0 Å². The molecule has 2 unspecified atom stereocenters. The highest BCUT2D eigenvalue weighted by molar-refractivity contribution is 4.83. The normalized spacial score (nSPS) is 25.3. The molecular formula is C13H29N3. The Balaban J connectivity index is 2.33. The summed E-state index contributed by atoms with van der Waals surface area (Å²) in [5.41, 5.74) is 6.41. The van der Waals surface area contributed by atoms with Gasteiger partial charge in [0.15, 0.2) is 0 Å². The number of hydrogen-bond donors (Lipinski definition) is 1. The van der Waals surface area contributed by atoms with Crippen LogP contribution >= 0.6 is 0 Å².